The van der Waals surface area contributed by atoms with Crippen molar-refractivity contribution in [3.63, 3.8) is 0 Å². The molecule has 26 heavy (non-hydrogen) atoms. The number of para-hydroxylation sites is 2. The van der Waals surface area contributed by atoms with Crippen molar-refractivity contribution in [3.8, 4) is 0 Å². The standard InChI is InChI=1S/C24H34N2/c1-16(2)20-11-10-18-14-19(12-13-24(18,5)23(20)17(3)4)26-15-25-21-8-6-7-9-22(21)26/h6-10,15-17,19-20,23H,11-14H2,1-5H3/t19-,20?,23?,24-/m0/s1. The van der Waals surface area contributed by atoms with Crippen LogP contribution in [0.3, 0.4) is 0 Å². The van der Waals surface area contributed by atoms with Crippen LogP contribution in [-0.2, 0) is 0 Å². The van der Waals surface area contributed by atoms with Crippen molar-refractivity contribution >= 4 is 11.0 Å². The topological polar surface area (TPSA) is 17.8 Å². The first-order valence-corrected chi connectivity index (χ1v) is 10.5. The predicted octanol–water partition coefficient (Wildman–Crippen LogP) is 6.64. The summed E-state index contributed by atoms with van der Waals surface area (Å²) < 4.78 is 2.44. The molecule has 2 unspecified atom stereocenters. The second-order valence-electron chi connectivity index (χ2n) is 9.60. The Morgan fingerprint density at radius 3 is 2.62 bits per heavy atom. The zero-order valence-electron chi connectivity index (χ0n) is 17.1. The van der Waals surface area contributed by atoms with E-state index < -0.39 is 0 Å². The normalized spacial score (nSPS) is 32.1. The first-order valence-electron chi connectivity index (χ1n) is 10.5. The summed E-state index contributed by atoms with van der Waals surface area (Å²) in [5.41, 5.74) is 4.52. The van der Waals surface area contributed by atoms with E-state index in [9.17, 15) is 0 Å². The van der Waals surface area contributed by atoms with Crippen molar-refractivity contribution in [2.24, 2.45) is 29.1 Å². The van der Waals surface area contributed by atoms with Crippen LogP contribution in [0.2, 0.25) is 0 Å². The van der Waals surface area contributed by atoms with Crippen LogP contribution in [0.15, 0.2) is 42.2 Å². The number of fused-ring (bicyclic) bond motifs is 2. The number of nitrogens with zero attached hydrogens (tertiary/aromatic N) is 2. The molecule has 0 radical (unpaired) electrons. The molecule has 0 saturated heterocycles. The van der Waals surface area contributed by atoms with Crippen LogP contribution >= 0.6 is 0 Å². The third kappa shape index (κ3) is 2.73. The molecule has 1 fully saturated rings. The number of hydrogen-bond acceptors (Lipinski definition) is 1. The fourth-order valence-corrected chi connectivity index (χ4v) is 6.23. The van der Waals surface area contributed by atoms with E-state index in [4.69, 9.17) is 0 Å². The van der Waals surface area contributed by atoms with Crippen LogP contribution in [0.4, 0.5) is 0 Å². The maximum Gasteiger partial charge on any atom is 0.0961 e. The summed E-state index contributed by atoms with van der Waals surface area (Å²) >= 11 is 0. The lowest BCUT2D eigenvalue weighted by molar-refractivity contribution is 0.0368. The van der Waals surface area contributed by atoms with Gasteiger partial charge >= 0.3 is 0 Å². The Morgan fingerprint density at radius 1 is 1.12 bits per heavy atom. The van der Waals surface area contributed by atoms with Gasteiger partial charge in [0.05, 0.1) is 17.4 Å². The average Bonchev–Trinajstić information content (AvgIpc) is 3.03. The largest absolute Gasteiger partial charge is 0.327 e. The lowest BCUT2D eigenvalue weighted by Gasteiger charge is -2.53. The SMILES string of the molecule is CC(C)C1CC=C2C[C@@H](n3cnc4ccccc43)CC[C@]2(C)C1C(C)C. The van der Waals surface area contributed by atoms with Crippen molar-refractivity contribution < 1.29 is 0 Å². The highest BCUT2D eigenvalue weighted by Crippen LogP contribution is 2.58. The van der Waals surface area contributed by atoms with Gasteiger partial charge in [0.2, 0.25) is 0 Å². The minimum absolute atomic E-state index is 0.383. The molecule has 0 bridgehead atoms. The van der Waals surface area contributed by atoms with Gasteiger partial charge in [0.15, 0.2) is 0 Å². The Bertz CT molecular complexity index is 812. The van der Waals surface area contributed by atoms with Crippen LogP contribution in [0.25, 0.3) is 11.0 Å². The molecule has 1 aromatic carbocycles. The highest BCUT2D eigenvalue weighted by molar-refractivity contribution is 5.75. The van der Waals surface area contributed by atoms with Gasteiger partial charge in [-0.3, -0.25) is 0 Å². The molecule has 2 nitrogen and oxygen atoms in total. The molecular formula is C24H34N2. The van der Waals surface area contributed by atoms with E-state index in [1.807, 2.05) is 0 Å². The third-order valence-corrected chi connectivity index (χ3v) is 7.47. The van der Waals surface area contributed by atoms with Gasteiger partial charge in [-0.2, -0.15) is 0 Å². The highest BCUT2D eigenvalue weighted by Gasteiger charge is 2.48. The van der Waals surface area contributed by atoms with Gasteiger partial charge in [-0.05, 0) is 66.9 Å². The minimum atomic E-state index is 0.383. The second-order valence-corrected chi connectivity index (χ2v) is 9.60. The summed E-state index contributed by atoms with van der Waals surface area (Å²) in [6.45, 7) is 12.3. The Balaban J connectivity index is 1.67. The van der Waals surface area contributed by atoms with Crippen molar-refractivity contribution in [2.75, 3.05) is 0 Å². The van der Waals surface area contributed by atoms with E-state index in [0.717, 1.165) is 29.2 Å². The van der Waals surface area contributed by atoms with E-state index in [1.54, 1.807) is 5.57 Å². The summed E-state index contributed by atoms with van der Waals surface area (Å²) in [5, 5.41) is 0. The molecule has 0 N–H and O–H groups in total. The van der Waals surface area contributed by atoms with Gasteiger partial charge < -0.3 is 4.57 Å². The zero-order chi connectivity index (χ0) is 18.5. The lowest BCUT2D eigenvalue weighted by atomic mass is 9.52. The molecule has 2 heteroatoms. The van der Waals surface area contributed by atoms with Crippen molar-refractivity contribution in [1.29, 1.82) is 0 Å². The van der Waals surface area contributed by atoms with Crippen LogP contribution < -0.4 is 0 Å². The van der Waals surface area contributed by atoms with E-state index in [-0.39, 0.29) is 0 Å². The first-order chi connectivity index (χ1) is 12.4. The van der Waals surface area contributed by atoms with Crippen molar-refractivity contribution in [2.45, 2.75) is 66.3 Å². The van der Waals surface area contributed by atoms with Crippen LogP contribution in [0.1, 0.15) is 66.3 Å². The summed E-state index contributed by atoms with van der Waals surface area (Å²) in [6.07, 6.45) is 9.73. The predicted molar refractivity (Wildman–Crippen MR) is 110 cm³/mol. The minimum Gasteiger partial charge on any atom is -0.327 e. The lowest BCUT2D eigenvalue weighted by Crippen LogP contribution is -2.45. The molecule has 4 atom stereocenters. The van der Waals surface area contributed by atoms with E-state index >= 15 is 0 Å². The van der Waals surface area contributed by atoms with Crippen LogP contribution in [0.5, 0.6) is 0 Å². The van der Waals surface area contributed by atoms with E-state index in [1.165, 1.54) is 31.2 Å². The van der Waals surface area contributed by atoms with Gasteiger partial charge in [0.25, 0.3) is 0 Å². The number of benzene rings is 1. The van der Waals surface area contributed by atoms with Crippen molar-refractivity contribution in [3.05, 3.63) is 42.2 Å². The molecule has 1 heterocycles. The monoisotopic (exact) mass is 350 g/mol. The molecule has 4 rings (SSSR count). The molecule has 2 aliphatic carbocycles. The summed E-state index contributed by atoms with van der Waals surface area (Å²) in [7, 11) is 0. The van der Waals surface area contributed by atoms with E-state index in [2.05, 4.69) is 80.8 Å². The molecule has 0 spiro atoms. The molecule has 2 aromatic rings. The van der Waals surface area contributed by atoms with Crippen LogP contribution in [-0.4, -0.2) is 9.55 Å². The second kappa shape index (κ2) is 6.55. The maximum atomic E-state index is 4.64. The average molecular weight is 351 g/mol. The van der Waals surface area contributed by atoms with Crippen molar-refractivity contribution in [1.82, 2.24) is 9.55 Å². The third-order valence-electron chi connectivity index (χ3n) is 7.47. The number of rotatable bonds is 3. The van der Waals surface area contributed by atoms with E-state index in [0.29, 0.717) is 11.5 Å². The molecular weight excluding hydrogens is 316 g/mol. The molecule has 0 amide bonds. The van der Waals surface area contributed by atoms with Gasteiger partial charge in [-0.25, -0.2) is 4.98 Å². The smallest absolute Gasteiger partial charge is 0.0961 e. The summed E-state index contributed by atoms with van der Waals surface area (Å²) in [5.74, 6) is 3.16. The molecule has 2 aliphatic rings. The quantitative estimate of drug-likeness (QED) is 0.567. The first kappa shape index (κ1) is 17.8. The number of hydrogen-bond donors (Lipinski definition) is 0. The molecule has 1 saturated carbocycles. The zero-order valence-corrected chi connectivity index (χ0v) is 17.1. The Morgan fingerprint density at radius 2 is 1.88 bits per heavy atom. The molecule has 140 valence electrons. The highest BCUT2D eigenvalue weighted by atomic mass is 15.1. The van der Waals surface area contributed by atoms with Gasteiger partial charge in [0.1, 0.15) is 0 Å². The molecule has 1 aromatic heterocycles. The Kier molecular flexibility index (Phi) is 4.49. The number of aromatic nitrogens is 2. The van der Waals surface area contributed by atoms with Gasteiger partial charge in [-0.15, -0.1) is 0 Å². The number of imidazole rings is 1. The Labute approximate surface area is 158 Å². The van der Waals surface area contributed by atoms with Crippen LogP contribution in [0, 0.1) is 29.1 Å². The Hall–Kier alpha value is -1.57. The fraction of sp³-hybridized carbons (Fsp3) is 0.625. The summed E-state index contributed by atoms with van der Waals surface area (Å²) in [6, 6.07) is 9.12. The number of allylic oxidation sites excluding steroid dienone is 2. The fourth-order valence-electron chi connectivity index (χ4n) is 6.23. The maximum absolute atomic E-state index is 4.64. The molecule has 0 aliphatic heterocycles. The van der Waals surface area contributed by atoms with Gasteiger partial charge in [0, 0.05) is 6.04 Å². The van der Waals surface area contributed by atoms with Gasteiger partial charge in [-0.1, -0.05) is 58.4 Å². The summed E-state index contributed by atoms with van der Waals surface area (Å²) in [4.78, 5) is 4.64.